The van der Waals surface area contributed by atoms with Gasteiger partial charge in [0.25, 0.3) is 0 Å². The van der Waals surface area contributed by atoms with Crippen molar-refractivity contribution in [1.29, 1.82) is 0 Å². The number of rotatable bonds is 11. The van der Waals surface area contributed by atoms with Gasteiger partial charge in [0.05, 0.1) is 12.2 Å². The Bertz CT molecular complexity index is 653. The molecule has 186 valence electrons. The largest absolute Gasteiger partial charge is 0.413 e. The molecule has 1 aliphatic carbocycles. The summed E-state index contributed by atoms with van der Waals surface area (Å²) in [4.78, 5) is 12.5. The molecule has 1 saturated carbocycles. The van der Waals surface area contributed by atoms with Gasteiger partial charge in [-0.15, -0.1) is 6.58 Å². The Balaban J connectivity index is 3.19. The van der Waals surface area contributed by atoms with Crippen molar-refractivity contribution in [1.82, 2.24) is 0 Å². The SMILES string of the molecule is C=C[C@@H]1[C@H](/C=C/C(=O)CCCCC)[C@@H](O[Si](C)(C)C(C)(C)C)C[C@H]1O[Si](C)(C)C(C)(C)C. The Morgan fingerprint density at radius 2 is 1.38 bits per heavy atom. The molecule has 0 radical (unpaired) electrons. The molecular formula is C27H52O3Si2. The third-order valence-corrected chi connectivity index (χ3v) is 17.1. The average Bonchev–Trinajstić information content (AvgIpc) is 2.92. The van der Waals surface area contributed by atoms with Crippen molar-refractivity contribution in [3.8, 4) is 0 Å². The fourth-order valence-corrected chi connectivity index (χ4v) is 6.54. The van der Waals surface area contributed by atoms with Gasteiger partial charge in [0, 0.05) is 18.3 Å². The molecule has 4 atom stereocenters. The lowest BCUT2D eigenvalue weighted by atomic mass is 9.93. The summed E-state index contributed by atoms with van der Waals surface area (Å²) in [7, 11) is -3.89. The Kier molecular flexibility index (Phi) is 10.4. The lowest BCUT2D eigenvalue weighted by Gasteiger charge is -2.40. The van der Waals surface area contributed by atoms with Gasteiger partial charge in [-0.25, -0.2) is 0 Å². The molecule has 32 heavy (non-hydrogen) atoms. The van der Waals surface area contributed by atoms with Crippen LogP contribution in [0.2, 0.25) is 36.3 Å². The minimum absolute atomic E-state index is 0.0633. The fraction of sp³-hybridized carbons (Fsp3) is 0.815. The van der Waals surface area contributed by atoms with E-state index in [1.165, 1.54) is 0 Å². The highest BCUT2D eigenvalue weighted by Gasteiger charge is 2.49. The van der Waals surface area contributed by atoms with Crippen LogP contribution in [0, 0.1) is 11.8 Å². The van der Waals surface area contributed by atoms with E-state index >= 15 is 0 Å². The highest BCUT2D eigenvalue weighted by Crippen LogP contribution is 2.47. The van der Waals surface area contributed by atoms with Gasteiger partial charge in [0.2, 0.25) is 0 Å². The van der Waals surface area contributed by atoms with E-state index in [0.29, 0.717) is 6.42 Å². The molecule has 0 aromatic carbocycles. The maximum absolute atomic E-state index is 12.5. The Hall–Kier alpha value is -0.496. The van der Waals surface area contributed by atoms with Gasteiger partial charge in [-0.2, -0.15) is 0 Å². The maximum Gasteiger partial charge on any atom is 0.192 e. The van der Waals surface area contributed by atoms with E-state index in [4.69, 9.17) is 8.85 Å². The molecule has 0 spiro atoms. The molecule has 0 aromatic heterocycles. The zero-order valence-electron chi connectivity index (χ0n) is 23.0. The van der Waals surface area contributed by atoms with E-state index in [9.17, 15) is 4.79 Å². The summed E-state index contributed by atoms with van der Waals surface area (Å²) in [6, 6.07) is 0. The first-order valence-electron chi connectivity index (χ1n) is 12.7. The summed E-state index contributed by atoms with van der Waals surface area (Å²) in [5.41, 5.74) is 0. The standard InChI is InChI=1S/C27H52O3Si2/c1-13-15-16-17-21(28)18-19-23-22(14-2)24(29-31(9,10)26(3,4)5)20-25(23)30-32(11,12)27(6,7)8/h14,18-19,22-25H,2,13,15-17,20H2,1,3-12H3/b19-18+/t22-,23+,24-,25+/m1/s1. The second kappa shape index (κ2) is 11.3. The van der Waals surface area contributed by atoms with Crippen molar-refractivity contribution in [3.63, 3.8) is 0 Å². The van der Waals surface area contributed by atoms with Crippen LogP contribution in [-0.4, -0.2) is 34.6 Å². The Morgan fingerprint density at radius 3 is 1.78 bits per heavy atom. The van der Waals surface area contributed by atoms with Crippen molar-refractivity contribution in [2.45, 2.75) is 129 Å². The molecule has 0 bridgehead atoms. The summed E-state index contributed by atoms with van der Waals surface area (Å²) in [6.45, 7) is 29.3. The second-order valence-corrected chi connectivity index (χ2v) is 22.3. The lowest BCUT2D eigenvalue weighted by molar-refractivity contribution is -0.114. The molecule has 0 saturated heterocycles. The summed E-state index contributed by atoms with van der Waals surface area (Å²) in [5.74, 6) is 0.520. The molecule has 0 aromatic rings. The molecule has 0 unspecified atom stereocenters. The summed E-state index contributed by atoms with van der Waals surface area (Å²) in [6.07, 6.45) is 10.8. The van der Waals surface area contributed by atoms with Crippen LogP contribution in [-0.2, 0) is 13.6 Å². The minimum Gasteiger partial charge on any atom is -0.413 e. The summed E-state index contributed by atoms with van der Waals surface area (Å²) < 4.78 is 13.8. The van der Waals surface area contributed by atoms with Crippen molar-refractivity contribution in [2.24, 2.45) is 11.8 Å². The van der Waals surface area contributed by atoms with Gasteiger partial charge in [-0.05, 0) is 55.2 Å². The molecule has 1 fully saturated rings. The molecule has 3 nitrogen and oxygen atoms in total. The van der Waals surface area contributed by atoms with Crippen LogP contribution >= 0.6 is 0 Å². The summed E-state index contributed by atoms with van der Waals surface area (Å²) >= 11 is 0. The zero-order valence-corrected chi connectivity index (χ0v) is 25.0. The van der Waals surface area contributed by atoms with E-state index in [1.54, 1.807) is 0 Å². The quantitative estimate of drug-likeness (QED) is 0.129. The Morgan fingerprint density at radius 1 is 0.906 bits per heavy atom. The van der Waals surface area contributed by atoms with E-state index in [0.717, 1.165) is 25.7 Å². The van der Waals surface area contributed by atoms with E-state index < -0.39 is 16.6 Å². The van der Waals surface area contributed by atoms with Crippen molar-refractivity contribution >= 4 is 22.4 Å². The molecule has 0 aliphatic heterocycles. The van der Waals surface area contributed by atoms with E-state index in [2.05, 4.69) is 87.3 Å². The van der Waals surface area contributed by atoms with Crippen LogP contribution in [0.5, 0.6) is 0 Å². The van der Waals surface area contributed by atoms with Gasteiger partial charge < -0.3 is 8.85 Å². The first-order chi connectivity index (χ1) is 14.5. The van der Waals surface area contributed by atoms with Gasteiger partial charge in [-0.1, -0.05) is 73.5 Å². The second-order valence-electron chi connectivity index (χ2n) is 12.7. The van der Waals surface area contributed by atoms with Crippen LogP contribution < -0.4 is 0 Å². The number of carbonyl (C=O) groups is 1. The molecule has 1 rings (SSSR count). The molecular weight excluding hydrogens is 428 g/mol. The fourth-order valence-electron chi connectivity index (χ4n) is 3.81. The third kappa shape index (κ3) is 7.78. The van der Waals surface area contributed by atoms with Crippen molar-refractivity contribution in [2.75, 3.05) is 0 Å². The summed E-state index contributed by atoms with van der Waals surface area (Å²) in [5, 5.41) is 0.289. The van der Waals surface area contributed by atoms with Crippen LogP contribution in [0.15, 0.2) is 24.8 Å². The van der Waals surface area contributed by atoms with Crippen LogP contribution in [0.3, 0.4) is 0 Å². The predicted octanol–water partition coefficient (Wildman–Crippen LogP) is 8.29. The topological polar surface area (TPSA) is 35.5 Å². The van der Waals surface area contributed by atoms with E-state index in [1.807, 2.05) is 12.2 Å². The molecule has 5 heteroatoms. The van der Waals surface area contributed by atoms with Crippen LogP contribution in [0.4, 0.5) is 0 Å². The highest BCUT2D eigenvalue weighted by molar-refractivity contribution is 6.74. The van der Waals surface area contributed by atoms with Gasteiger partial charge in [0.15, 0.2) is 22.4 Å². The lowest BCUT2D eigenvalue weighted by Crippen LogP contribution is -2.45. The molecule has 0 N–H and O–H groups in total. The van der Waals surface area contributed by atoms with Gasteiger partial charge in [0.1, 0.15) is 0 Å². The number of carbonyl (C=O) groups excluding carboxylic acids is 1. The molecule has 0 heterocycles. The minimum atomic E-state index is -1.96. The third-order valence-electron chi connectivity index (χ3n) is 8.08. The van der Waals surface area contributed by atoms with Crippen molar-refractivity contribution in [3.05, 3.63) is 24.8 Å². The van der Waals surface area contributed by atoms with Gasteiger partial charge >= 0.3 is 0 Å². The van der Waals surface area contributed by atoms with E-state index in [-0.39, 0.29) is 39.9 Å². The normalized spacial score (nSPS) is 25.5. The highest BCUT2D eigenvalue weighted by atomic mass is 28.4. The number of hydrogen-bond acceptors (Lipinski definition) is 3. The van der Waals surface area contributed by atoms with Gasteiger partial charge in [-0.3, -0.25) is 4.79 Å². The number of ketones is 1. The zero-order chi connectivity index (χ0) is 25.0. The predicted molar refractivity (Wildman–Crippen MR) is 144 cm³/mol. The number of unbranched alkanes of at least 4 members (excludes halogenated alkanes) is 2. The maximum atomic E-state index is 12.5. The number of allylic oxidation sites excluding steroid dienone is 1. The Labute approximate surface area is 201 Å². The van der Waals surface area contributed by atoms with Crippen LogP contribution in [0.25, 0.3) is 0 Å². The van der Waals surface area contributed by atoms with Crippen LogP contribution in [0.1, 0.15) is 80.6 Å². The first kappa shape index (κ1) is 29.5. The average molecular weight is 481 g/mol. The molecule has 1 aliphatic rings. The van der Waals surface area contributed by atoms with Crippen molar-refractivity contribution < 1.29 is 13.6 Å². The number of hydrogen-bond donors (Lipinski definition) is 0. The first-order valence-corrected chi connectivity index (χ1v) is 18.5. The monoisotopic (exact) mass is 480 g/mol. The molecule has 0 amide bonds. The smallest absolute Gasteiger partial charge is 0.192 e.